The Morgan fingerprint density at radius 3 is 0.857 bits per heavy atom. The third-order valence-corrected chi connectivity index (χ3v) is 2.83. The van der Waals surface area contributed by atoms with Gasteiger partial charge in [0, 0.05) is 4.66 Å². The fourth-order valence-electron chi connectivity index (χ4n) is 0.102. The summed E-state index contributed by atoms with van der Waals surface area (Å²) in [6.07, 6.45) is 0. The third-order valence-electron chi connectivity index (χ3n) is 0.167. The van der Waals surface area contributed by atoms with Crippen molar-refractivity contribution in [2.24, 2.45) is 5.34 Å². The maximum absolute atomic E-state index is 9.38. The van der Waals surface area contributed by atoms with Crippen molar-refractivity contribution in [3.8, 4) is 0 Å². The van der Waals surface area contributed by atoms with Gasteiger partial charge in [-0.3, -0.25) is 0 Å². The summed E-state index contributed by atoms with van der Waals surface area (Å²) in [6.45, 7) is 0. The molecule has 0 aliphatic rings. The van der Waals surface area contributed by atoms with Gasteiger partial charge < -0.3 is 45.1 Å². The molecule has 35 heavy (non-hydrogen) atoms. The number of halogens is 2. The van der Waals surface area contributed by atoms with E-state index < -0.39 is 77.8 Å². The normalized spacial score (nSPS) is 8.23. The van der Waals surface area contributed by atoms with Crippen LogP contribution in [-0.4, -0.2) is 13.9 Å². The Hall–Kier alpha value is 8.76. The van der Waals surface area contributed by atoms with Crippen LogP contribution in [0.15, 0.2) is 5.34 Å². The average molecular weight is 919 g/mol. The molecule has 0 bridgehead atoms. The first-order valence-corrected chi connectivity index (χ1v) is 13.8. The van der Waals surface area contributed by atoms with Gasteiger partial charge in [-0.2, -0.15) is 0 Å². The van der Waals surface area contributed by atoms with Gasteiger partial charge in [-0.1, -0.05) is 0 Å². The third kappa shape index (κ3) is 326. The molecular weight excluding hydrogens is 917 g/mol. The van der Waals surface area contributed by atoms with Gasteiger partial charge in [0.2, 0.25) is 0 Å². The van der Waals surface area contributed by atoms with Crippen molar-refractivity contribution in [2.75, 3.05) is 0 Å². The molecule has 0 aromatic rings. The van der Waals surface area contributed by atoms with Crippen molar-refractivity contribution in [1.82, 2.24) is 0 Å². The topological polar surface area (TPSA) is 455 Å². The summed E-state index contributed by atoms with van der Waals surface area (Å²) in [5, 5.41) is 23.8. The first-order valence-electron chi connectivity index (χ1n) is 3.87. The Morgan fingerprint density at radius 2 is 0.857 bits per heavy atom. The summed E-state index contributed by atoms with van der Waals surface area (Å²) in [4.78, 5) is 16.2. The Balaban J connectivity index is -0.0000000183. The van der Waals surface area contributed by atoms with E-state index in [9.17, 15) is 23.5 Å². The van der Waals surface area contributed by atoms with Gasteiger partial charge in [-0.25, -0.2) is 0 Å². The van der Waals surface area contributed by atoms with Crippen LogP contribution < -0.4 is 340 Å². The number of hydrogen-bond acceptors (Lipinski definition) is 22. The zero-order valence-electron chi connectivity index (χ0n) is 17.9. The molecule has 0 amide bonds. The van der Waals surface area contributed by atoms with Gasteiger partial charge in [0.1, 0.15) is 0 Å². The van der Waals surface area contributed by atoms with Gasteiger partial charge in [0.05, 0.1) is 5.09 Å². The van der Waals surface area contributed by atoms with E-state index in [1.54, 1.807) is 0 Å². The summed E-state index contributed by atoms with van der Waals surface area (Å²) in [5.41, 5.74) is 0. The molecule has 0 rings (SSSR count). The Bertz CT molecular complexity index is 645. The summed E-state index contributed by atoms with van der Waals surface area (Å²) in [5.74, 6) is 0. The van der Waals surface area contributed by atoms with Gasteiger partial charge in [0.15, 0.2) is 0 Å². The molecular formula is H2ClCr3IK5N2NaO22. The van der Waals surface area contributed by atoms with E-state index in [0.29, 0.717) is 0 Å². The van der Waals surface area contributed by atoms with E-state index in [2.05, 4.69) is 2.84 Å². The fraction of sp³-hybridized carbons (Fsp3) is 0. The van der Waals surface area contributed by atoms with Gasteiger partial charge >= 0.3 is 370 Å². The predicted molar refractivity (Wildman–Crippen MR) is 29.2 cm³/mol. The SMILES string of the molecule is O=N[O-].O=[N+]([O-])[O-].[K+].[K+].[K+].[K+].[K+].[Na+].[O-][Cl+2]([O-])O.[O-][I+2]([O-])[O-].[O]=[Cr](=[O])([O-])[OH].[O]=[Cr](=[O])([O-])[O][Cr](=[O])(=[O])[O-]. The second-order valence-electron chi connectivity index (χ2n) is 2.00. The molecule has 0 atom stereocenters. The second kappa shape index (κ2) is 52.3. The van der Waals surface area contributed by atoms with Crippen LogP contribution in [0.4, 0.5) is 0 Å². The van der Waals surface area contributed by atoms with Crippen molar-refractivity contribution in [2.45, 2.75) is 0 Å². The standard InChI is InChI=1S/ClHO3.3Cr.IO3.5K.NO3.HNO2.Na.H2O.10O/c2-1(3)4;;;;2-1(3)4;;;;;;2-1(3)4;2-1-3;;;;;;;;;;;;/h2H;;;;;;;;;;;(H,2,3);;1H2;;;;;;;;;;/q;;;+1;-1;5*+1;-1;;+1;;;;;;;;;3*-1/p-2. The average Bonchev–Trinajstić information content (AvgIpc) is 2.17. The molecule has 0 radical (unpaired) electrons. The second-order valence-corrected chi connectivity index (χ2v) is 8.46. The zero-order chi connectivity index (χ0) is 25.6. The molecule has 0 heterocycles. The monoisotopic (exact) mass is 917 g/mol. The molecule has 0 aromatic carbocycles. The quantitative estimate of drug-likeness (QED) is 0.0853. The number of nitrogens with zero attached hydrogens (tertiary/aromatic N) is 2. The minimum atomic E-state index is -6.07. The summed E-state index contributed by atoms with van der Waals surface area (Å²) in [7, 11) is -2.60. The summed E-state index contributed by atoms with van der Waals surface area (Å²) < 4.78 is 142. The van der Waals surface area contributed by atoms with E-state index >= 15 is 0 Å². The van der Waals surface area contributed by atoms with Crippen LogP contribution in [0.2, 0.25) is 0 Å². The first kappa shape index (κ1) is 79.3. The van der Waals surface area contributed by atoms with E-state index in [-0.39, 0.29) is 286 Å². The van der Waals surface area contributed by atoms with E-state index in [1.807, 2.05) is 0 Å². The molecule has 0 aromatic heterocycles. The maximum atomic E-state index is 9.38. The van der Waals surface area contributed by atoms with Crippen LogP contribution in [0, 0.1) is 36.2 Å². The Morgan fingerprint density at radius 1 is 0.800 bits per heavy atom. The molecule has 0 aliphatic heterocycles. The molecule has 182 valence electrons. The van der Waals surface area contributed by atoms with Crippen LogP contribution >= 0.6 is 0 Å². The van der Waals surface area contributed by atoms with E-state index in [1.165, 1.54) is 0 Å². The van der Waals surface area contributed by atoms with Crippen molar-refractivity contribution < 1.29 is 431 Å². The van der Waals surface area contributed by atoms with Crippen LogP contribution in [0.25, 0.3) is 0 Å². The van der Waals surface area contributed by atoms with Gasteiger partial charge in [-0.15, -0.1) is 5.34 Å². The summed E-state index contributed by atoms with van der Waals surface area (Å²) in [6, 6.07) is 0. The Labute approximate surface area is 447 Å². The molecule has 0 aliphatic carbocycles. The van der Waals surface area contributed by atoms with E-state index in [0.717, 1.165) is 5.34 Å². The number of hydrogen-bond donors (Lipinski definition) is 2. The Kier molecular flexibility index (Phi) is 119. The van der Waals surface area contributed by atoms with E-state index in [4.69, 9.17) is 65.6 Å². The van der Waals surface area contributed by atoms with Crippen LogP contribution in [-0.2, 0) is 66.5 Å². The fourth-order valence-corrected chi connectivity index (χ4v) is 1.74. The van der Waals surface area contributed by atoms with Crippen LogP contribution in [0.5, 0.6) is 0 Å². The molecule has 35 heteroatoms. The number of rotatable bonds is 2. The van der Waals surface area contributed by atoms with Crippen LogP contribution in [0.3, 0.4) is 0 Å². The molecule has 24 nitrogen and oxygen atoms in total. The predicted octanol–water partition coefficient (Wildman–Crippen LogP) is -32.4. The van der Waals surface area contributed by atoms with Crippen molar-refractivity contribution in [1.29, 1.82) is 0 Å². The first-order chi connectivity index (χ1) is 12.3. The van der Waals surface area contributed by atoms with Gasteiger partial charge in [0.25, 0.3) is 31.8 Å². The molecule has 2 N–H and O–H groups in total. The molecule has 0 fully saturated rings. The molecule has 0 unspecified atom stereocenters. The molecule has 0 saturated heterocycles. The zero-order valence-corrected chi connectivity index (χ0v) is 42.3. The van der Waals surface area contributed by atoms with Crippen molar-refractivity contribution >= 4 is 0 Å². The summed E-state index contributed by atoms with van der Waals surface area (Å²) >= 11 is -21.7. The van der Waals surface area contributed by atoms with Gasteiger partial charge in [-0.05, 0) is 0 Å². The minimum absolute atomic E-state index is 0. The van der Waals surface area contributed by atoms with Crippen molar-refractivity contribution in [3.05, 3.63) is 25.4 Å². The molecule has 0 spiro atoms. The van der Waals surface area contributed by atoms with Crippen LogP contribution in [0.1, 0.15) is 0 Å². The molecule has 0 saturated carbocycles. The van der Waals surface area contributed by atoms with Crippen molar-refractivity contribution in [3.63, 3.8) is 0 Å².